The highest BCUT2D eigenvalue weighted by Crippen LogP contribution is 2.13. The fourth-order valence-electron chi connectivity index (χ4n) is 1.49. The second-order valence-electron chi connectivity index (χ2n) is 4.12. The van der Waals surface area contributed by atoms with Crippen molar-refractivity contribution in [2.75, 3.05) is 0 Å². The Morgan fingerprint density at radius 2 is 1.94 bits per heavy atom. The van der Waals surface area contributed by atoms with Crippen molar-refractivity contribution in [3.63, 3.8) is 0 Å². The molecule has 2 atom stereocenters. The monoisotopic (exact) mass is 315 g/mol. The summed E-state index contributed by atoms with van der Waals surface area (Å²) in [5.74, 6) is -0.625. The van der Waals surface area contributed by atoms with Gasteiger partial charge in [0, 0.05) is 12.4 Å². The van der Waals surface area contributed by atoms with Gasteiger partial charge in [0.05, 0.1) is 0 Å². The highest BCUT2D eigenvalue weighted by atomic mass is 79.9. The third kappa shape index (κ3) is 4.29. The molecule has 0 radical (unpaired) electrons. The van der Waals surface area contributed by atoms with Crippen molar-refractivity contribution in [2.24, 2.45) is 0 Å². The molecule has 0 aliphatic heterocycles. The number of alkyl halides is 1. The Kier molecular flexibility index (Phi) is 6.12. The first-order valence-corrected chi connectivity index (χ1v) is 6.99. The van der Waals surface area contributed by atoms with Crippen LogP contribution in [0.2, 0.25) is 0 Å². The fourth-order valence-corrected chi connectivity index (χ4v) is 1.92. The van der Waals surface area contributed by atoms with Gasteiger partial charge in [0.2, 0.25) is 0 Å². The lowest BCUT2D eigenvalue weighted by atomic mass is 10.2. The summed E-state index contributed by atoms with van der Waals surface area (Å²) >= 11 is 3.28. The van der Waals surface area contributed by atoms with Gasteiger partial charge in [0.25, 0.3) is 5.91 Å². The predicted octanol–water partition coefficient (Wildman–Crippen LogP) is 3.01. The van der Waals surface area contributed by atoms with Crippen molar-refractivity contribution in [2.45, 2.75) is 44.0 Å². The molecule has 0 saturated carbocycles. The second-order valence-corrected chi connectivity index (χ2v) is 5.22. The molecule has 0 bridgehead atoms. The van der Waals surface area contributed by atoms with Crippen LogP contribution in [0.4, 0.5) is 0 Å². The van der Waals surface area contributed by atoms with Crippen LogP contribution in [0.3, 0.4) is 0 Å². The maximum absolute atomic E-state index is 11.8. The first-order valence-electron chi connectivity index (χ1n) is 6.08. The smallest absolute Gasteiger partial charge is 0.320 e. The van der Waals surface area contributed by atoms with E-state index in [9.17, 15) is 9.59 Å². The Morgan fingerprint density at radius 1 is 1.33 bits per heavy atom. The van der Waals surface area contributed by atoms with E-state index < -0.39 is 6.10 Å². The maximum Gasteiger partial charge on any atom is 0.320 e. The molecular weight excluding hydrogens is 298 g/mol. The standard InChI is InChI=1S/C13H18BrNO3/c1-3-4-7-11(14)13(17)18-10(2)12(16)15-8-5-6-9-15/h5-6,8-11H,3-4,7H2,1-2H3/t10-,11?/m0/s1. The van der Waals surface area contributed by atoms with E-state index in [0.29, 0.717) is 0 Å². The number of rotatable bonds is 6. The molecule has 0 aliphatic carbocycles. The van der Waals surface area contributed by atoms with E-state index in [-0.39, 0.29) is 16.7 Å². The molecule has 1 rings (SSSR count). The number of carbonyl (C=O) groups excluding carboxylic acids is 2. The van der Waals surface area contributed by atoms with Crippen molar-refractivity contribution in [3.05, 3.63) is 24.5 Å². The van der Waals surface area contributed by atoms with Gasteiger partial charge in [-0.3, -0.25) is 14.2 Å². The fraction of sp³-hybridized carbons (Fsp3) is 0.538. The van der Waals surface area contributed by atoms with Crippen molar-refractivity contribution < 1.29 is 14.3 Å². The Hall–Kier alpha value is -1.10. The maximum atomic E-state index is 11.8. The normalized spacial score (nSPS) is 13.9. The quantitative estimate of drug-likeness (QED) is 0.599. The van der Waals surface area contributed by atoms with E-state index in [4.69, 9.17) is 4.74 Å². The van der Waals surface area contributed by atoms with Crippen LogP contribution in [-0.2, 0) is 9.53 Å². The third-order valence-electron chi connectivity index (χ3n) is 2.57. The number of hydrogen-bond acceptors (Lipinski definition) is 3. The number of aromatic nitrogens is 1. The Labute approximate surface area is 115 Å². The summed E-state index contributed by atoms with van der Waals surface area (Å²) in [6, 6.07) is 3.50. The SMILES string of the molecule is CCCCC(Br)C(=O)O[C@@H](C)C(=O)n1cccc1. The highest BCUT2D eigenvalue weighted by molar-refractivity contribution is 9.10. The summed E-state index contributed by atoms with van der Waals surface area (Å²) in [5, 5.41) is 0. The van der Waals surface area contributed by atoms with Gasteiger partial charge >= 0.3 is 5.97 Å². The number of hydrogen-bond donors (Lipinski definition) is 0. The van der Waals surface area contributed by atoms with Gasteiger partial charge < -0.3 is 4.74 Å². The zero-order chi connectivity index (χ0) is 13.5. The average molecular weight is 316 g/mol. The minimum absolute atomic E-state index is 0.247. The molecule has 0 aliphatic rings. The van der Waals surface area contributed by atoms with E-state index >= 15 is 0 Å². The number of ether oxygens (including phenoxy) is 1. The highest BCUT2D eigenvalue weighted by Gasteiger charge is 2.23. The van der Waals surface area contributed by atoms with Crippen LogP contribution in [0.1, 0.15) is 37.9 Å². The summed E-state index contributed by atoms with van der Waals surface area (Å²) in [6.07, 6.45) is 5.19. The Morgan fingerprint density at radius 3 is 2.50 bits per heavy atom. The molecule has 1 aromatic rings. The van der Waals surface area contributed by atoms with E-state index in [1.807, 2.05) is 0 Å². The van der Waals surface area contributed by atoms with Crippen LogP contribution in [0.25, 0.3) is 0 Å². The molecular formula is C13H18BrNO3. The topological polar surface area (TPSA) is 48.3 Å². The lowest BCUT2D eigenvalue weighted by Crippen LogP contribution is -2.31. The van der Waals surface area contributed by atoms with Crippen LogP contribution < -0.4 is 0 Å². The molecule has 5 heteroatoms. The van der Waals surface area contributed by atoms with Gasteiger partial charge in [-0.1, -0.05) is 35.7 Å². The van der Waals surface area contributed by atoms with Gasteiger partial charge in [0.1, 0.15) is 4.83 Å². The summed E-state index contributed by atoms with van der Waals surface area (Å²) < 4.78 is 6.55. The second kappa shape index (κ2) is 7.36. The van der Waals surface area contributed by atoms with Crippen molar-refractivity contribution in [1.29, 1.82) is 0 Å². The Bertz CT molecular complexity index is 389. The lowest BCUT2D eigenvalue weighted by molar-refractivity contribution is -0.145. The summed E-state index contributed by atoms with van der Waals surface area (Å²) in [7, 11) is 0. The molecule has 18 heavy (non-hydrogen) atoms. The predicted molar refractivity (Wildman–Crippen MR) is 72.9 cm³/mol. The number of unbranched alkanes of at least 4 members (excludes halogenated alkanes) is 1. The molecule has 0 aromatic carbocycles. The zero-order valence-corrected chi connectivity index (χ0v) is 12.2. The number of halogens is 1. The molecule has 0 N–H and O–H groups in total. The van der Waals surface area contributed by atoms with Crippen molar-refractivity contribution in [1.82, 2.24) is 4.57 Å². The van der Waals surface area contributed by atoms with Crippen LogP contribution in [-0.4, -0.2) is 27.4 Å². The molecule has 0 fully saturated rings. The van der Waals surface area contributed by atoms with Crippen LogP contribution >= 0.6 is 15.9 Å². The van der Waals surface area contributed by atoms with Crippen LogP contribution in [0, 0.1) is 0 Å². The number of esters is 1. The van der Waals surface area contributed by atoms with E-state index in [2.05, 4.69) is 22.9 Å². The summed E-state index contributed by atoms with van der Waals surface area (Å²) in [6.45, 7) is 3.64. The third-order valence-corrected chi connectivity index (χ3v) is 3.40. The largest absolute Gasteiger partial charge is 0.452 e. The summed E-state index contributed by atoms with van der Waals surface area (Å²) in [4.78, 5) is 23.2. The summed E-state index contributed by atoms with van der Waals surface area (Å²) in [5.41, 5.74) is 0. The van der Waals surface area contributed by atoms with Crippen molar-refractivity contribution in [3.8, 4) is 0 Å². The molecule has 0 saturated heterocycles. The first kappa shape index (κ1) is 15.0. The Balaban J connectivity index is 2.46. The minimum atomic E-state index is -0.772. The first-order chi connectivity index (χ1) is 8.56. The number of nitrogens with zero attached hydrogens (tertiary/aromatic N) is 1. The molecule has 4 nitrogen and oxygen atoms in total. The van der Waals surface area contributed by atoms with Gasteiger partial charge in [-0.05, 0) is 25.5 Å². The van der Waals surface area contributed by atoms with Crippen LogP contribution in [0.5, 0.6) is 0 Å². The van der Waals surface area contributed by atoms with Crippen molar-refractivity contribution >= 4 is 27.8 Å². The molecule has 1 unspecified atom stereocenters. The molecule has 100 valence electrons. The van der Waals surface area contributed by atoms with E-state index in [0.717, 1.165) is 19.3 Å². The van der Waals surface area contributed by atoms with Gasteiger partial charge in [-0.2, -0.15) is 0 Å². The molecule has 1 aromatic heterocycles. The zero-order valence-electron chi connectivity index (χ0n) is 10.6. The molecule has 0 spiro atoms. The van der Waals surface area contributed by atoms with Gasteiger partial charge in [-0.25, -0.2) is 0 Å². The molecule has 0 amide bonds. The number of carbonyl (C=O) groups is 2. The van der Waals surface area contributed by atoms with Gasteiger partial charge in [0.15, 0.2) is 6.10 Å². The average Bonchev–Trinajstić information content (AvgIpc) is 2.88. The lowest BCUT2D eigenvalue weighted by Gasteiger charge is -2.15. The van der Waals surface area contributed by atoms with E-state index in [1.54, 1.807) is 31.5 Å². The minimum Gasteiger partial charge on any atom is -0.452 e. The van der Waals surface area contributed by atoms with Gasteiger partial charge in [-0.15, -0.1) is 0 Å². The van der Waals surface area contributed by atoms with E-state index in [1.165, 1.54) is 4.57 Å². The van der Waals surface area contributed by atoms with Crippen LogP contribution in [0.15, 0.2) is 24.5 Å². The molecule has 1 heterocycles.